The van der Waals surface area contributed by atoms with Gasteiger partial charge in [0.25, 0.3) is 11.6 Å². The number of non-ortho nitro benzene ring substituents is 1. The lowest BCUT2D eigenvalue weighted by Crippen LogP contribution is -2.53. The summed E-state index contributed by atoms with van der Waals surface area (Å²) >= 11 is 3.45. The molecular formula is C14H17BrN2O4. The highest BCUT2D eigenvalue weighted by molar-refractivity contribution is 9.09. The Morgan fingerprint density at radius 1 is 1.48 bits per heavy atom. The molecule has 7 heteroatoms. The van der Waals surface area contributed by atoms with Gasteiger partial charge >= 0.3 is 0 Å². The zero-order chi connectivity index (χ0) is 15.5. The van der Waals surface area contributed by atoms with E-state index in [1.165, 1.54) is 12.1 Å². The van der Waals surface area contributed by atoms with Crippen molar-refractivity contribution in [2.75, 3.05) is 18.5 Å². The molecule has 1 saturated heterocycles. The van der Waals surface area contributed by atoms with Crippen LogP contribution in [0.1, 0.15) is 28.8 Å². The number of nitrogens with zero attached hydrogens (tertiary/aromatic N) is 1. The van der Waals surface area contributed by atoms with Gasteiger partial charge in [-0.25, -0.2) is 0 Å². The van der Waals surface area contributed by atoms with Gasteiger partial charge in [-0.2, -0.15) is 0 Å². The molecule has 21 heavy (non-hydrogen) atoms. The van der Waals surface area contributed by atoms with Crippen LogP contribution in [0.2, 0.25) is 0 Å². The SMILES string of the molecule is Cc1ccc([N+](=O)[O-])cc1C(=O)NC1(CBr)CCOCC1. The Bertz CT molecular complexity index is 556. The van der Waals surface area contributed by atoms with Crippen molar-refractivity contribution in [2.45, 2.75) is 25.3 Å². The fraction of sp³-hybridized carbons (Fsp3) is 0.500. The number of aryl methyl sites for hydroxylation is 1. The van der Waals surface area contributed by atoms with Crippen LogP contribution in [0, 0.1) is 17.0 Å². The second-order valence-corrected chi connectivity index (χ2v) is 5.80. The van der Waals surface area contributed by atoms with Gasteiger partial charge < -0.3 is 10.1 Å². The average Bonchev–Trinajstić information content (AvgIpc) is 2.48. The minimum absolute atomic E-state index is 0.0781. The molecule has 0 aliphatic carbocycles. The van der Waals surface area contributed by atoms with Crippen LogP contribution in [0.4, 0.5) is 5.69 Å². The van der Waals surface area contributed by atoms with Gasteiger partial charge in [-0.05, 0) is 25.3 Å². The third-order valence-corrected chi connectivity index (χ3v) is 4.83. The van der Waals surface area contributed by atoms with Crippen molar-refractivity contribution < 1.29 is 14.5 Å². The van der Waals surface area contributed by atoms with Gasteiger partial charge in [0.05, 0.1) is 10.5 Å². The van der Waals surface area contributed by atoms with Crippen LogP contribution in [-0.4, -0.2) is 34.9 Å². The van der Waals surface area contributed by atoms with Gasteiger partial charge in [-0.1, -0.05) is 22.0 Å². The minimum Gasteiger partial charge on any atom is -0.381 e. The molecule has 6 nitrogen and oxygen atoms in total. The standard InChI is InChI=1S/C14H17BrN2O4/c1-10-2-3-11(17(19)20)8-12(10)13(18)16-14(9-15)4-6-21-7-5-14/h2-3,8H,4-7,9H2,1H3,(H,16,18). The van der Waals surface area contributed by atoms with E-state index < -0.39 is 4.92 Å². The zero-order valence-corrected chi connectivity index (χ0v) is 13.3. The summed E-state index contributed by atoms with van der Waals surface area (Å²) in [6.07, 6.45) is 1.44. The van der Waals surface area contributed by atoms with Gasteiger partial charge in [0.15, 0.2) is 0 Å². The largest absolute Gasteiger partial charge is 0.381 e. The van der Waals surface area contributed by atoms with E-state index in [1.54, 1.807) is 13.0 Å². The van der Waals surface area contributed by atoms with E-state index in [0.717, 1.165) is 18.4 Å². The number of alkyl halides is 1. The minimum atomic E-state index is -0.495. The van der Waals surface area contributed by atoms with E-state index in [1.807, 2.05) is 0 Å². The first-order valence-electron chi connectivity index (χ1n) is 6.69. The number of hydrogen-bond donors (Lipinski definition) is 1. The summed E-state index contributed by atoms with van der Waals surface area (Å²) in [6, 6.07) is 4.32. The summed E-state index contributed by atoms with van der Waals surface area (Å²) in [6.45, 7) is 2.96. The van der Waals surface area contributed by atoms with E-state index in [4.69, 9.17) is 4.74 Å². The lowest BCUT2D eigenvalue weighted by atomic mass is 9.91. The first kappa shape index (κ1) is 15.9. The molecule has 1 aromatic carbocycles. The molecule has 0 saturated carbocycles. The number of nitrogens with one attached hydrogen (secondary N) is 1. The Morgan fingerprint density at radius 3 is 2.71 bits per heavy atom. The Kier molecular flexibility index (Phi) is 4.95. The molecule has 0 aromatic heterocycles. The Morgan fingerprint density at radius 2 is 2.14 bits per heavy atom. The molecule has 1 aliphatic rings. The Balaban J connectivity index is 2.23. The number of carbonyl (C=O) groups is 1. The third kappa shape index (κ3) is 3.59. The predicted octanol–water partition coefficient (Wildman–Crippen LogP) is 2.58. The summed E-state index contributed by atoms with van der Waals surface area (Å²) in [5, 5.41) is 14.5. The number of carbonyl (C=O) groups excluding carboxylic acids is 1. The molecule has 1 aliphatic heterocycles. The fourth-order valence-electron chi connectivity index (χ4n) is 2.33. The molecule has 114 valence electrons. The number of hydrogen-bond acceptors (Lipinski definition) is 4. The Hall–Kier alpha value is -1.47. The highest BCUT2D eigenvalue weighted by Gasteiger charge is 2.33. The van der Waals surface area contributed by atoms with Crippen molar-refractivity contribution in [1.82, 2.24) is 5.32 Å². The van der Waals surface area contributed by atoms with Crippen molar-refractivity contribution >= 4 is 27.5 Å². The van der Waals surface area contributed by atoms with Crippen molar-refractivity contribution in [3.63, 3.8) is 0 Å². The maximum absolute atomic E-state index is 12.5. The number of nitro groups is 1. The molecule has 0 spiro atoms. The smallest absolute Gasteiger partial charge is 0.270 e. The van der Waals surface area contributed by atoms with Crippen molar-refractivity contribution in [2.24, 2.45) is 0 Å². The topological polar surface area (TPSA) is 81.5 Å². The fourth-order valence-corrected chi connectivity index (χ4v) is 3.03. The van der Waals surface area contributed by atoms with Gasteiger partial charge in [-0.3, -0.25) is 14.9 Å². The molecule has 0 atom stereocenters. The first-order chi connectivity index (χ1) is 9.97. The molecule has 0 radical (unpaired) electrons. The number of halogens is 1. The molecule has 1 aromatic rings. The maximum Gasteiger partial charge on any atom is 0.270 e. The van der Waals surface area contributed by atoms with Gasteiger partial charge in [-0.15, -0.1) is 0 Å². The van der Waals surface area contributed by atoms with Crippen molar-refractivity contribution in [3.05, 3.63) is 39.4 Å². The summed E-state index contributed by atoms with van der Waals surface area (Å²) in [7, 11) is 0. The second-order valence-electron chi connectivity index (χ2n) is 5.24. The highest BCUT2D eigenvalue weighted by atomic mass is 79.9. The quantitative estimate of drug-likeness (QED) is 0.510. The summed E-state index contributed by atoms with van der Waals surface area (Å²) in [5.74, 6) is -0.280. The predicted molar refractivity (Wildman–Crippen MR) is 81.9 cm³/mol. The summed E-state index contributed by atoms with van der Waals surface area (Å²) < 4.78 is 5.33. The number of rotatable bonds is 4. The van der Waals surface area contributed by atoms with E-state index in [9.17, 15) is 14.9 Å². The van der Waals surface area contributed by atoms with Crippen molar-refractivity contribution in [1.29, 1.82) is 0 Å². The third-order valence-electron chi connectivity index (χ3n) is 3.76. The summed E-state index contributed by atoms with van der Waals surface area (Å²) in [5.41, 5.74) is 0.628. The normalized spacial score (nSPS) is 17.2. The van der Waals surface area contributed by atoms with E-state index in [2.05, 4.69) is 21.2 Å². The molecular weight excluding hydrogens is 340 g/mol. The number of nitro benzene ring substituents is 1. The molecule has 2 rings (SSSR count). The Labute approximate surface area is 131 Å². The zero-order valence-electron chi connectivity index (χ0n) is 11.7. The number of ether oxygens (including phenoxy) is 1. The van der Waals surface area contributed by atoms with Crippen LogP contribution >= 0.6 is 15.9 Å². The van der Waals surface area contributed by atoms with Crippen LogP contribution in [0.5, 0.6) is 0 Å². The number of amides is 1. The van der Waals surface area contributed by atoms with Crippen molar-refractivity contribution in [3.8, 4) is 0 Å². The van der Waals surface area contributed by atoms with Crippen LogP contribution in [-0.2, 0) is 4.74 Å². The average molecular weight is 357 g/mol. The van der Waals surface area contributed by atoms with E-state index >= 15 is 0 Å². The molecule has 1 amide bonds. The number of benzene rings is 1. The molecule has 1 heterocycles. The highest BCUT2D eigenvalue weighted by Crippen LogP contribution is 2.25. The molecule has 0 bridgehead atoms. The van der Waals surface area contributed by atoms with Crippen LogP contribution < -0.4 is 5.32 Å². The lowest BCUT2D eigenvalue weighted by molar-refractivity contribution is -0.384. The molecule has 0 unspecified atom stereocenters. The van der Waals surface area contributed by atoms with Crippen LogP contribution in [0.15, 0.2) is 18.2 Å². The van der Waals surface area contributed by atoms with Crippen LogP contribution in [0.3, 0.4) is 0 Å². The first-order valence-corrected chi connectivity index (χ1v) is 7.81. The van der Waals surface area contributed by atoms with Gasteiger partial charge in [0.1, 0.15) is 0 Å². The summed E-state index contributed by atoms with van der Waals surface area (Å²) in [4.78, 5) is 22.8. The van der Waals surface area contributed by atoms with Gasteiger partial charge in [0, 0.05) is 36.2 Å². The second kappa shape index (κ2) is 6.53. The van der Waals surface area contributed by atoms with Crippen LogP contribution in [0.25, 0.3) is 0 Å². The van der Waals surface area contributed by atoms with E-state index in [0.29, 0.717) is 24.1 Å². The lowest BCUT2D eigenvalue weighted by Gasteiger charge is -2.36. The van der Waals surface area contributed by atoms with Gasteiger partial charge in [0.2, 0.25) is 0 Å². The monoisotopic (exact) mass is 356 g/mol. The van der Waals surface area contributed by atoms with E-state index in [-0.39, 0.29) is 17.1 Å². The maximum atomic E-state index is 12.5. The molecule has 1 N–H and O–H groups in total. The molecule has 1 fully saturated rings.